The molecule has 1 aromatic heterocycles. The first kappa shape index (κ1) is 21.8. The van der Waals surface area contributed by atoms with Crippen molar-refractivity contribution in [2.45, 2.75) is 32.9 Å². The number of carbonyl (C=O) groups excluding carboxylic acids is 1. The Bertz CT molecular complexity index is 1100. The number of benzene rings is 2. The van der Waals surface area contributed by atoms with E-state index in [0.29, 0.717) is 21.7 Å². The van der Waals surface area contributed by atoms with Gasteiger partial charge in [0.25, 0.3) is 0 Å². The first-order valence-electron chi connectivity index (χ1n) is 9.26. The molecule has 1 N–H and O–H groups in total. The fourth-order valence-electron chi connectivity index (χ4n) is 2.86. The summed E-state index contributed by atoms with van der Waals surface area (Å²) in [6, 6.07) is 9.54. The van der Waals surface area contributed by atoms with E-state index in [1.54, 1.807) is 25.1 Å². The molecule has 0 fully saturated rings. The summed E-state index contributed by atoms with van der Waals surface area (Å²) in [4.78, 5) is 17.9. The number of carbonyl (C=O) groups is 1. The molecule has 0 aliphatic rings. The molecule has 156 valence electrons. The van der Waals surface area contributed by atoms with E-state index in [2.05, 4.69) is 4.98 Å². The highest BCUT2D eigenvalue weighted by Crippen LogP contribution is 2.35. The summed E-state index contributed by atoms with van der Waals surface area (Å²) >= 11 is 1.33. The van der Waals surface area contributed by atoms with Crippen molar-refractivity contribution in [3.63, 3.8) is 0 Å². The molecule has 0 aliphatic heterocycles. The lowest BCUT2D eigenvalue weighted by Gasteiger charge is -2.06. The van der Waals surface area contributed by atoms with Crippen LogP contribution in [0.1, 0.15) is 51.8 Å². The second-order valence-electron chi connectivity index (χ2n) is 7.20. The van der Waals surface area contributed by atoms with E-state index in [4.69, 9.17) is 0 Å². The average molecular weight is 431 g/mol. The van der Waals surface area contributed by atoms with Crippen LogP contribution in [0, 0.1) is 6.92 Å². The molecule has 2 aromatic carbocycles. The van der Waals surface area contributed by atoms with Gasteiger partial charge in [-0.3, -0.25) is 4.79 Å². The third-order valence-corrected chi connectivity index (χ3v) is 5.64. The second-order valence-corrected chi connectivity index (χ2v) is 8.23. The minimum Gasteiger partial charge on any atom is -0.508 e. The van der Waals surface area contributed by atoms with Crippen LogP contribution in [0.2, 0.25) is 0 Å². The van der Waals surface area contributed by atoms with E-state index in [-0.39, 0.29) is 17.5 Å². The number of aromatic nitrogens is 1. The van der Waals surface area contributed by atoms with Crippen LogP contribution in [0.4, 0.5) is 13.2 Å². The maximum absolute atomic E-state index is 12.8. The van der Waals surface area contributed by atoms with Crippen LogP contribution in [-0.2, 0) is 6.18 Å². The third-order valence-electron chi connectivity index (χ3n) is 4.55. The van der Waals surface area contributed by atoms with Gasteiger partial charge in [0.1, 0.15) is 10.8 Å². The Kier molecular flexibility index (Phi) is 6.12. The summed E-state index contributed by atoms with van der Waals surface area (Å²) in [5, 5.41) is 10.2. The number of hydrogen-bond acceptors (Lipinski definition) is 4. The highest BCUT2D eigenvalue weighted by Gasteiger charge is 2.30. The van der Waals surface area contributed by atoms with E-state index >= 15 is 0 Å². The van der Waals surface area contributed by atoms with Crippen LogP contribution >= 0.6 is 11.3 Å². The molecule has 0 unspecified atom stereocenters. The van der Waals surface area contributed by atoms with Crippen molar-refractivity contribution in [1.82, 2.24) is 4.98 Å². The van der Waals surface area contributed by atoms with Crippen LogP contribution < -0.4 is 0 Å². The molecule has 3 aromatic rings. The molecule has 0 atom stereocenters. The van der Waals surface area contributed by atoms with E-state index < -0.39 is 11.7 Å². The number of phenolic OH excluding ortho intramolecular Hbond substituents is 1. The van der Waals surface area contributed by atoms with Crippen molar-refractivity contribution in [1.29, 1.82) is 0 Å². The zero-order valence-electron chi connectivity index (χ0n) is 16.6. The van der Waals surface area contributed by atoms with E-state index in [1.165, 1.54) is 35.6 Å². The third kappa shape index (κ3) is 4.79. The van der Waals surface area contributed by atoms with Gasteiger partial charge in [-0.2, -0.15) is 13.2 Å². The molecular formula is C23H20F3NO2S. The maximum atomic E-state index is 12.8. The fraction of sp³-hybridized carbons (Fsp3) is 0.217. The number of aromatic hydroxyl groups is 1. The quantitative estimate of drug-likeness (QED) is 0.355. The number of rotatable bonds is 5. The topological polar surface area (TPSA) is 50.2 Å². The molecule has 0 bridgehead atoms. The Hall–Kier alpha value is -2.93. The largest absolute Gasteiger partial charge is 0.508 e. The molecule has 0 radical (unpaired) electrons. The van der Waals surface area contributed by atoms with Gasteiger partial charge in [-0.05, 0) is 60.9 Å². The van der Waals surface area contributed by atoms with Crippen LogP contribution in [0.25, 0.3) is 16.6 Å². The minimum absolute atomic E-state index is 0.0788. The predicted molar refractivity (Wildman–Crippen MR) is 113 cm³/mol. The highest BCUT2D eigenvalue weighted by atomic mass is 32.1. The molecule has 3 nitrogen and oxygen atoms in total. The summed E-state index contributed by atoms with van der Waals surface area (Å²) in [5.41, 5.74) is 1.73. The predicted octanol–water partition coefficient (Wildman–Crippen LogP) is 6.86. The number of alkyl halides is 3. The molecule has 1 heterocycles. The zero-order valence-corrected chi connectivity index (χ0v) is 17.4. The van der Waals surface area contributed by atoms with E-state index in [0.717, 1.165) is 22.7 Å². The number of hydrogen-bond donors (Lipinski definition) is 1. The van der Waals surface area contributed by atoms with Crippen molar-refractivity contribution < 1.29 is 23.1 Å². The van der Waals surface area contributed by atoms with Crippen molar-refractivity contribution >= 4 is 23.2 Å². The molecule has 3 rings (SSSR count). The van der Waals surface area contributed by atoms with Crippen molar-refractivity contribution in [3.8, 4) is 16.3 Å². The Labute approximate surface area is 176 Å². The molecule has 0 saturated heterocycles. The number of ketones is 1. The molecule has 7 heteroatoms. The summed E-state index contributed by atoms with van der Waals surface area (Å²) in [7, 11) is 0. The van der Waals surface area contributed by atoms with Gasteiger partial charge in [-0.25, -0.2) is 4.98 Å². The average Bonchev–Trinajstić information content (AvgIpc) is 3.12. The van der Waals surface area contributed by atoms with Crippen molar-refractivity contribution in [2.24, 2.45) is 0 Å². The van der Waals surface area contributed by atoms with Gasteiger partial charge >= 0.3 is 6.18 Å². The Balaban J connectivity index is 1.90. The Morgan fingerprint density at radius 1 is 1.13 bits per heavy atom. The summed E-state index contributed by atoms with van der Waals surface area (Å²) in [5.74, 6) is -0.00586. The molecule has 0 spiro atoms. The number of thiazole rings is 1. The fourth-order valence-corrected chi connectivity index (χ4v) is 3.99. The van der Waals surface area contributed by atoms with Gasteiger partial charge in [-0.15, -0.1) is 11.3 Å². The summed E-state index contributed by atoms with van der Waals surface area (Å²) in [6.45, 7) is 5.65. The van der Waals surface area contributed by atoms with Gasteiger partial charge in [-0.1, -0.05) is 26.0 Å². The number of halogens is 3. The number of phenols is 1. The standard InChI is InChI=1S/C23H20F3NO2S/c1-13(2)21-20(11-10-19(29)16-6-9-18(28)14(3)12-16)30-22(27-21)15-4-7-17(8-5-15)23(24,25)26/h4-13,28H,1-3H3. The first-order chi connectivity index (χ1) is 14.1. The van der Waals surface area contributed by atoms with Gasteiger partial charge in [0.15, 0.2) is 5.78 Å². The smallest absolute Gasteiger partial charge is 0.416 e. The van der Waals surface area contributed by atoms with Gasteiger partial charge in [0, 0.05) is 11.1 Å². The van der Waals surface area contributed by atoms with Crippen LogP contribution in [0.15, 0.2) is 48.5 Å². The van der Waals surface area contributed by atoms with Crippen molar-refractivity contribution in [3.05, 3.63) is 75.8 Å². The van der Waals surface area contributed by atoms with Crippen LogP contribution in [-0.4, -0.2) is 15.9 Å². The maximum Gasteiger partial charge on any atom is 0.416 e. The van der Waals surface area contributed by atoms with Crippen LogP contribution in [0.5, 0.6) is 5.75 Å². The number of nitrogens with zero attached hydrogens (tertiary/aromatic N) is 1. The first-order valence-corrected chi connectivity index (χ1v) is 10.1. The molecule has 0 amide bonds. The molecule has 30 heavy (non-hydrogen) atoms. The lowest BCUT2D eigenvalue weighted by Crippen LogP contribution is -2.03. The monoisotopic (exact) mass is 431 g/mol. The lowest BCUT2D eigenvalue weighted by molar-refractivity contribution is -0.137. The van der Waals surface area contributed by atoms with Crippen LogP contribution in [0.3, 0.4) is 0 Å². The normalized spacial score (nSPS) is 12.1. The highest BCUT2D eigenvalue weighted by molar-refractivity contribution is 7.16. The second kappa shape index (κ2) is 8.44. The lowest BCUT2D eigenvalue weighted by atomic mass is 10.1. The van der Waals surface area contributed by atoms with E-state index in [1.807, 2.05) is 13.8 Å². The van der Waals surface area contributed by atoms with Gasteiger partial charge in [0.2, 0.25) is 0 Å². The zero-order chi connectivity index (χ0) is 22.1. The van der Waals surface area contributed by atoms with Crippen molar-refractivity contribution in [2.75, 3.05) is 0 Å². The molecule has 0 aliphatic carbocycles. The SMILES string of the molecule is Cc1cc(C(=O)C=Cc2sc(-c3ccc(C(F)(F)F)cc3)nc2C(C)C)ccc1O. The summed E-state index contributed by atoms with van der Waals surface area (Å²) < 4.78 is 38.4. The summed E-state index contributed by atoms with van der Waals surface area (Å²) in [6.07, 6.45) is -1.25. The number of allylic oxidation sites excluding steroid dienone is 1. The molecule has 0 saturated carbocycles. The molecular weight excluding hydrogens is 411 g/mol. The van der Waals surface area contributed by atoms with Gasteiger partial charge < -0.3 is 5.11 Å². The Morgan fingerprint density at radius 3 is 2.37 bits per heavy atom. The van der Waals surface area contributed by atoms with Gasteiger partial charge in [0.05, 0.1) is 16.1 Å². The Morgan fingerprint density at radius 2 is 1.80 bits per heavy atom. The minimum atomic E-state index is -4.38. The number of aryl methyl sites for hydroxylation is 1. The van der Waals surface area contributed by atoms with E-state index in [9.17, 15) is 23.1 Å².